The number of alkyl carbamates (subject to hydrolysis) is 1. The topological polar surface area (TPSA) is 124 Å². The summed E-state index contributed by atoms with van der Waals surface area (Å²) in [5.41, 5.74) is 5.11. The lowest BCUT2D eigenvalue weighted by molar-refractivity contribution is 0.0521. The van der Waals surface area contributed by atoms with Crippen LogP contribution in [-0.2, 0) is 11.3 Å². The molecule has 9 heteroatoms. The first kappa shape index (κ1) is 14.7. The molecule has 0 spiro atoms. The molecule has 112 valence electrons. The maximum absolute atomic E-state index is 11.6. The fraction of sp³-hybridized carbons (Fsp3) is 0.417. The molecule has 21 heavy (non-hydrogen) atoms. The zero-order valence-electron chi connectivity index (χ0n) is 12.0. The van der Waals surface area contributed by atoms with Crippen molar-refractivity contribution < 1.29 is 14.3 Å². The van der Waals surface area contributed by atoms with Gasteiger partial charge in [-0.3, -0.25) is 4.79 Å². The van der Waals surface area contributed by atoms with Crippen LogP contribution < -0.4 is 11.1 Å². The van der Waals surface area contributed by atoms with Crippen molar-refractivity contribution in [2.45, 2.75) is 32.9 Å². The van der Waals surface area contributed by atoms with Crippen molar-refractivity contribution in [2.24, 2.45) is 5.73 Å². The summed E-state index contributed by atoms with van der Waals surface area (Å²) in [7, 11) is 0. The van der Waals surface area contributed by atoms with Crippen LogP contribution >= 0.6 is 0 Å². The Bertz CT molecular complexity index is 688. The molecule has 2 rings (SSSR count). The van der Waals surface area contributed by atoms with Crippen LogP contribution in [0.5, 0.6) is 0 Å². The molecule has 0 radical (unpaired) electrons. The van der Waals surface area contributed by atoms with Gasteiger partial charge in [0.2, 0.25) is 0 Å². The van der Waals surface area contributed by atoms with E-state index in [2.05, 4.69) is 20.6 Å². The Kier molecular flexibility index (Phi) is 3.74. The maximum atomic E-state index is 11.6. The van der Waals surface area contributed by atoms with Crippen molar-refractivity contribution in [1.29, 1.82) is 0 Å². The number of amides is 2. The normalized spacial score (nSPS) is 11.4. The fourth-order valence-corrected chi connectivity index (χ4v) is 1.54. The van der Waals surface area contributed by atoms with Gasteiger partial charge in [-0.25, -0.2) is 4.79 Å². The lowest BCUT2D eigenvalue weighted by Crippen LogP contribution is -2.32. The van der Waals surface area contributed by atoms with E-state index < -0.39 is 17.6 Å². The predicted molar refractivity (Wildman–Crippen MR) is 72.4 cm³/mol. The summed E-state index contributed by atoms with van der Waals surface area (Å²) in [5, 5.41) is 14.3. The van der Waals surface area contributed by atoms with Crippen molar-refractivity contribution in [3.05, 3.63) is 23.7 Å². The highest BCUT2D eigenvalue weighted by molar-refractivity contribution is 5.90. The van der Waals surface area contributed by atoms with Crippen LogP contribution in [0, 0.1) is 0 Å². The summed E-state index contributed by atoms with van der Waals surface area (Å²) in [5.74, 6) is -0.296. The van der Waals surface area contributed by atoms with Gasteiger partial charge in [-0.15, -0.1) is 10.2 Å². The third kappa shape index (κ3) is 3.65. The van der Waals surface area contributed by atoms with Gasteiger partial charge in [-0.05, 0) is 32.9 Å². The van der Waals surface area contributed by atoms with Crippen molar-refractivity contribution in [3.8, 4) is 0 Å². The number of carbonyl (C=O) groups excluding carboxylic acids is 2. The maximum Gasteiger partial charge on any atom is 0.408 e. The number of nitrogens with zero attached hydrogens (tertiary/aromatic N) is 4. The molecule has 0 bridgehead atoms. The molecule has 0 saturated carbocycles. The van der Waals surface area contributed by atoms with Crippen LogP contribution in [0.15, 0.2) is 12.1 Å². The standard InChI is InChI=1S/C12H16N6O3/c1-12(2,3)21-11(20)14-6-9-16-15-8-5-4-7(10(13)19)17-18(8)9/h4-5H,6H2,1-3H3,(H2,13,19)(H,14,20). The molecule has 9 nitrogen and oxygen atoms in total. The zero-order valence-corrected chi connectivity index (χ0v) is 12.0. The van der Waals surface area contributed by atoms with Crippen molar-refractivity contribution in [1.82, 2.24) is 25.1 Å². The average Bonchev–Trinajstić information content (AvgIpc) is 2.76. The number of hydrogen-bond acceptors (Lipinski definition) is 6. The van der Waals surface area contributed by atoms with Crippen LogP contribution in [0.1, 0.15) is 37.1 Å². The molecule has 0 saturated heterocycles. The summed E-state index contributed by atoms with van der Waals surface area (Å²) in [6, 6.07) is 3.02. The second kappa shape index (κ2) is 5.35. The molecule has 2 heterocycles. The molecule has 3 N–H and O–H groups in total. The largest absolute Gasteiger partial charge is 0.444 e. The van der Waals surface area contributed by atoms with Crippen LogP contribution in [-0.4, -0.2) is 37.4 Å². The Hall–Kier alpha value is -2.71. The lowest BCUT2D eigenvalue weighted by atomic mass is 10.2. The number of primary amides is 1. The van der Waals surface area contributed by atoms with Crippen LogP contribution in [0.2, 0.25) is 0 Å². The van der Waals surface area contributed by atoms with Crippen molar-refractivity contribution in [2.75, 3.05) is 0 Å². The van der Waals surface area contributed by atoms with Crippen LogP contribution in [0.3, 0.4) is 0 Å². The Morgan fingerprint density at radius 2 is 2.05 bits per heavy atom. The van der Waals surface area contributed by atoms with Crippen LogP contribution in [0.25, 0.3) is 5.65 Å². The Morgan fingerprint density at radius 1 is 1.33 bits per heavy atom. The number of fused-ring (bicyclic) bond motifs is 1. The number of nitrogens with one attached hydrogen (secondary N) is 1. The summed E-state index contributed by atoms with van der Waals surface area (Å²) in [4.78, 5) is 22.7. The molecule has 0 aliphatic rings. The van der Waals surface area contributed by atoms with Gasteiger partial charge < -0.3 is 15.8 Å². The molecule has 2 aromatic heterocycles. The first-order valence-corrected chi connectivity index (χ1v) is 6.24. The van der Waals surface area contributed by atoms with E-state index in [1.807, 2.05) is 0 Å². The minimum Gasteiger partial charge on any atom is -0.444 e. The third-order valence-electron chi connectivity index (χ3n) is 2.37. The van der Waals surface area contributed by atoms with E-state index in [0.29, 0.717) is 11.5 Å². The number of nitrogens with two attached hydrogens (primary N) is 1. The van der Waals surface area contributed by atoms with Gasteiger partial charge in [0.25, 0.3) is 5.91 Å². The van der Waals surface area contributed by atoms with E-state index in [1.54, 1.807) is 26.8 Å². The SMILES string of the molecule is CC(C)(C)OC(=O)NCc1nnc2ccc(C(N)=O)nn12. The van der Waals surface area contributed by atoms with E-state index in [0.717, 1.165) is 0 Å². The Morgan fingerprint density at radius 3 is 2.67 bits per heavy atom. The minimum atomic E-state index is -0.656. The summed E-state index contributed by atoms with van der Waals surface area (Å²) in [6.45, 7) is 5.35. The average molecular weight is 292 g/mol. The van der Waals surface area contributed by atoms with Crippen molar-refractivity contribution >= 4 is 17.6 Å². The van der Waals surface area contributed by atoms with Crippen LogP contribution in [0.4, 0.5) is 4.79 Å². The van der Waals surface area contributed by atoms with Crippen molar-refractivity contribution in [3.63, 3.8) is 0 Å². The van der Waals surface area contributed by atoms with E-state index in [1.165, 1.54) is 10.6 Å². The quantitative estimate of drug-likeness (QED) is 0.835. The fourth-order valence-electron chi connectivity index (χ4n) is 1.54. The smallest absolute Gasteiger partial charge is 0.408 e. The van der Waals surface area contributed by atoms with Gasteiger partial charge in [-0.1, -0.05) is 0 Å². The number of aromatic nitrogens is 4. The molecule has 2 amide bonds. The number of carbonyl (C=O) groups is 2. The number of hydrogen-bond donors (Lipinski definition) is 2. The first-order chi connectivity index (χ1) is 9.76. The molecule has 0 aliphatic heterocycles. The first-order valence-electron chi connectivity index (χ1n) is 6.24. The molecular formula is C12H16N6O3. The monoisotopic (exact) mass is 292 g/mol. The summed E-state index contributed by atoms with van der Waals surface area (Å²) in [6.07, 6.45) is -0.578. The highest BCUT2D eigenvalue weighted by Crippen LogP contribution is 2.07. The number of ether oxygens (including phenoxy) is 1. The van der Waals surface area contributed by atoms with E-state index in [-0.39, 0.29) is 12.2 Å². The van der Waals surface area contributed by atoms with E-state index in [9.17, 15) is 9.59 Å². The third-order valence-corrected chi connectivity index (χ3v) is 2.37. The van der Waals surface area contributed by atoms with Gasteiger partial charge in [0, 0.05) is 0 Å². The predicted octanol–water partition coefficient (Wildman–Crippen LogP) is 0.248. The molecule has 0 fully saturated rings. The Balaban J connectivity index is 2.13. The molecule has 0 aliphatic carbocycles. The van der Waals surface area contributed by atoms with Gasteiger partial charge in [0.05, 0.1) is 6.54 Å². The molecule has 0 unspecified atom stereocenters. The summed E-state index contributed by atoms with van der Waals surface area (Å²) >= 11 is 0. The van der Waals surface area contributed by atoms with Gasteiger partial charge in [0.1, 0.15) is 11.3 Å². The van der Waals surface area contributed by atoms with Gasteiger partial charge in [0.15, 0.2) is 11.5 Å². The van der Waals surface area contributed by atoms with Gasteiger partial charge in [-0.2, -0.15) is 9.61 Å². The highest BCUT2D eigenvalue weighted by Gasteiger charge is 2.17. The molecule has 0 atom stereocenters. The molecule has 2 aromatic rings. The highest BCUT2D eigenvalue weighted by atomic mass is 16.6. The molecule has 0 aromatic carbocycles. The molecular weight excluding hydrogens is 276 g/mol. The second-order valence-corrected chi connectivity index (χ2v) is 5.32. The zero-order chi connectivity index (χ0) is 15.6. The second-order valence-electron chi connectivity index (χ2n) is 5.32. The summed E-state index contributed by atoms with van der Waals surface area (Å²) < 4.78 is 6.45. The minimum absolute atomic E-state index is 0.0608. The van der Waals surface area contributed by atoms with Gasteiger partial charge >= 0.3 is 6.09 Å². The number of rotatable bonds is 3. The van der Waals surface area contributed by atoms with E-state index >= 15 is 0 Å². The lowest BCUT2D eigenvalue weighted by Gasteiger charge is -2.19. The van der Waals surface area contributed by atoms with E-state index in [4.69, 9.17) is 10.5 Å². The Labute approximate surface area is 120 Å².